The van der Waals surface area contributed by atoms with Crippen molar-refractivity contribution >= 4 is 33.0 Å². The molecule has 7 nitrogen and oxygen atoms in total. The lowest BCUT2D eigenvalue weighted by Gasteiger charge is -2.12. The highest BCUT2D eigenvalue weighted by Crippen LogP contribution is 2.31. The summed E-state index contributed by atoms with van der Waals surface area (Å²) in [5, 5.41) is 11.8. The van der Waals surface area contributed by atoms with E-state index in [2.05, 4.69) is 18.6 Å². The number of benzene rings is 3. The van der Waals surface area contributed by atoms with E-state index in [1.54, 1.807) is 36.4 Å². The van der Waals surface area contributed by atoms with Crippen molar-refractivity contribution in [2.24, 2.45) is 0 Å². The molecule has 162 valence electrons. The fourth-order valence-electron chi connectivity index (χ4n) is 2.87. The first kappa shape index (κ1) is 22.6. The van der Waals surface area contributed by atoms with Gasteiger partial charge in [-0.3, -0.25) is 14.8 Å². The van der Waals surface area contributed by atoms with Gasteiger partial charge in [0.25, 0.3) is 15.7 Å². The Morgan fingerprint density at radius 1 is 1.03 bits per heavy atom. The van der Waals surface area contributed by atoms with E-state index in [-0.39, 0.29) is 22.0 Å². The lowest BCUT2D eigenvalue weighted by Crippen LogP contribution is -2.13. The predicted octanol–water partition coefficient (Wildman–Crippen LogP) is 6.35. The molecule has 0 bridgehead atoms. The summed E-state index contributed by atoms with van der Waals surface area (Å²) in [5.41, 5.74) is 0.746. The summed E-state index contributed by atoms with van der Waals surface area (Å²) in [5.74, 6) is 0.828. The molecule has 1 atom stereocenters. The third-order valence-electron chi connectivity index (χ3n) is 4.78. The highest BCUT2D eigenvalue weighted by molar-refractivity contribution is 7.92. The lowest BCUT2D eigenvalue weighted by atomic mass is 9.99. The van der Waals surface area contributed by atoms with Crippen LogP contribution in [0.15, 0.2) is 71.6 Å². The topological polar surface area (TPSA) is 98.5 Å². The van der Waals surface area contributed by atoms with E-state index in [0.717, 1.165) is 18.1 Å². The van der Waals surface area contributed by atoms with Crippen molar-refractivity contribution in [1.82, 2.24) is 0 Å². The standard InChI is InChI=1S/C22H21ClN2O5S/c1-3-15(2)16-4-10-22(11-5-16)31(28,29)24-18-12-19(25(26)27)14-21(13-18)30-20-8-6-17(23)7-9-20/h4-15,24H,3H2,1-2H3. The normalized spacial score (nSPS) is 12.2. The average Bonchev–Trinajstić information content (AvgIpc) is 2.74. The number of nitro benzene ring substituents is 1. The minimum atomic E-state index is -3.95. The van der Waals surface area contributed by atoms with Crippen molar-refractivity contribution in [1.29, 1.82) is 0 Å². The van der Waals surface area contributed by atoms with Crippen LogP contribution >= 0.6 is 11.6 Å². The highest BCUT2D eigenvalue weighted by atomic mass is 35.5. The number of halogens is 1. The molecular formula is C22H21ClN2O5S. The number of non-ortho nitro benzene ring substituents is 1. The van der Waals surface area contributed by atoms with E-state index < -0.39 is 14.9 Å². The van der Waals surface area contributed by atoms with Gasteiger partial charge in [0, 0.05) is 17.2 Å². The van der Waals surface area contributed by atoms with Gasteiger partial charge in [0.05, 0.1) is 21.6 Å². The van der Waals surface area contributed by atoms with Crippen molar-refractivity contribution in [3.05, 3.63) is 87.4 Å². The Kier molecular flexibility index (Phi) is 6.82. The molecule has 0 aliphatic rings. The average molecular weight is 461 g/mol. The van der Waals surface area contributed by atoms with Gasteiger partial charge in [0.15, 0.2) is 0 Å². The summed E-state index contributed by atoms with van der Waals surface area (Å²) in [6, 6.07) is 16.7. The first-order chi connectivity index (χ1) is 14.7. The number of ether oxygens (including phenoxy) is 1. The molecule has 3 rings (SSSR count). The van der Waals surface area contributed by atoms with Crippen LogP contribution in [0.25, 0.3) is 0 Å². The molecule has 1 unspecified atom stereocenters. The van der Waals surface area contributed by atoms with Gasteiger partial charge in [0.2, 0.25) is 0 Å². The number of nitrogens with zero attached hydrogens (tertiary/aromatic N) is 1. The number of sulfonamides is 1. The second kappa shape index (κ2) is 9.36. The number of anilines is 1. The molecule has 3 aromatic rings. The molecule has 1 N–H and O–H groups in total. The van der Waals surface area contributed by atoms with E-state index >= 15 is 0 Å². The largest absolute Gasteiger partial charge is 0.457 e. The van der Waals surface area contributed by atoms with Crippen molar-refractivity contribution in [3.63, 3.8) is 0 Å². The minimum Gasteiger partial charge on any atom is -0.457 e. The van der Waals surface area contributed by atoms with Gasteiger partial charge in [-0.25, -0.2) is 8.42 Å². The number of hydrogen-bond acceptors (Lipinski definition) is 5. The van der Waals surface area contributed by atoms with Crippen molar-refractivity contribution in [2.75, 3.05) is 4.72 Å². The SMILES string of the molecule is CCC(C)c1ccc(S(=O)(=O)Nc2cc(Oc3ccc(Cl)cc3)cc([N+](=O)[O-])c2)cc1. The number of hydrogen-bond donors (Lipinski definition) is 1. The quantitative estimate of drug-likeness (QED) is 0.311. The van der Waals surface area contributed by atoms with Gasteiger partial charge in [-0.05, 0) is 54.3 Å². The number of nitro groups is 1. The second-order valence-corrected chi connectivity index (χ2v) is 9.13. The molecule has 0 aliphatic heterocycles. The second-order valence-electron chi connectivity index (χ2n) is 7.01. The highest BCUT2D eigenvalue weighted by Gasteiger charge is 2.18. The van der Waals surface area contributed by atoms with Crippen LogP contribution in [0, 0.1) is 10.1 Å². The molecule has 31 heavy (non-hydrogen) atoms. The van der Waals surface area contributed by atoms with Crippen LogP contribution in [0.2, 0.25) is 5.02 Å². The molecule has 3 aromatic carbocycles. The Labute approximate surface area is 185 Å². The van der Waals surface area contributed by atoms with E-state index in [1.807, 2.05) is 0 Å². The van der Waals surface area contributed by atoms with Crippen LogP contribution in [0.3, 0.4) is 0 Å². The molecule has 0 aliphatic carbocycles. The van der Waals surface area contributed by atoms with Crippen molar-refractivity contribution in [2.45, 2.75) is 31.1 Å². The Hall–Kier alpha value is -3.10. The molecule has 0 radical (unpaired) electrons. The van der Waals surface area contributed by atoms with Gasteiger partial charge < -0.3 is 4.74 Å². The molecule has 0 spiro atoms. The molecule has 9 heteroatoms. The van der Waals surface area contributed by atoms with Crippen LogP contribution in [-0.4, -0.2) is 13.3 Å². The first-order valence-electron chi connectivity index (χ1n) is 9.53. The predicted molar refractivity (Wildman–Crippen MR) is 121 cm³/mol. The summed E-state index contributed by atoms with van der Waals surface area (Å²) in [7, 11) is -3.95. The van der Waals surface area contributed by atoms with Gasteiger partial charge in [-0.1, -0.05) is 37.6 Å². The number of rotatable bonds is 8. The third kappa shape index (κ3) is 5.74. The van der Waals surface area contributed by atoms with Gasteiger partial charge in [0.1, 0.15) is 11.5 Å². The zero-order valence-corrected chi connectivity index (χ0v) is 18.5. The van der Waals surface area contributed by atoms with E-state index in [9.17, 15) is 18.5 Å². The molecule has 0 saturated heterocycles. The Bertz CT molecular complexity index is 1180. The molecular weight excluding hydrogens is 440 g/mol. The first-order valence-corrected chi connectivity index (χ1v) is 11.4. The van der Waals surface area contributed by atoms with E-state index in [0.29, 0.717) is 16.7 Å². The Morgan fingerprint density at radius 3 is 2.26 bits per heavy atom. The maximum atomic E-state index is 12.8. The zero-order valence-electron chi connectivity index (χ0n) is 16.9. The fraction of sp³-hybridized carbons (Fsp3) is 0.182. The summed E-state index contributed by atoms with van der Waals surface area (Å²) in [6.45, 7) is 4.12. The summed E-state index contributed by atoms with van der Waals surface area (Å²) in [6.07, 6.45) is 0.939. The summed E-state index contributed by atoms with van der Waals surface area (Å²) >= 11 is 5.85. The number of nitrogens with one attached hydrogen (secondary N) is 1. The van der Waals surface area contributed by atoms with Crippen LogP contribution in [0.4, 0.5) is 11.4 Å². The van der Waals surface area contributed by atoms with Gasteiger partial charge in [-0.15, -0.1) is 0 Å². The summed E-state index contributed by atoms with van der Waals surface area (Å²) < 4.78 is 33.6. The molecule has 0 fully saturated rings. The monoisotopic (exact) mass is 460 g/mol. The van der Waals surface area contributed by atoms with E-state index in [1.165, 1.54) is 24.3 Å². The van der Waals surface area contributed by atoms with Crippen LogP contribution in [-0.2, 0) is 10.0 Å². The molecule has 0 aromatic heterocycles. The van der Waals surface area contributed by atoms with Crippen LogP contribution in [0.5, 0.6) is 11.5 Å². The smallest absolute Gasteiger partial charge is 0.275 e. The zero-order chi connectivity index (χ0) is 22.6. The Balaban J connectivity index is 1.89. The van der Waals surface area contributed by atoms with Crippen LogP contribution < -0.4 is 9.46 Å². The molecule has 0 heterocycles. The van der Waals surface area contributed by atoms with Crippen LogP contribution in [0.1, 0.15) is 31.7 Å². The van der Waals surface area contributed by atoms with Gasteiger partial charge >= 0.3 is 0 Å². The summed E-state index contributed by atoms with van der Waals surface area (Å²) in [4.78, 5) is 10.8. The van der Waals surface area contributed by atoms with Gasteiger partial charge in [-0.2, -0.15) is 0 Å². The maximum Gasteiger partial charge on any atom is 0.275 e. The lowest BCUT2D eigenvalue weighted by molar-refractivity contribution is -0.384. The minimum absolute atomic E-state index is 0.0177. The van der Waals surface area contributed by atoms with E-state index in [4.69, 9.17) is 16.3 Å². The maximum absolute atomic E-state index is 12.8. The van der Waals surface area contributed by atoms with Crippen molar-refractivity contribution in [3.8, 4) is 11.5 Å². The molecule has 0 saturated carbocycles. The molecule has 0 amide bonds. The Morgan fingerprint density at radius 2 is 1.68 bits per heavy atom. The third-order valence-corrected chi connectivity index (χ3v) is 6.42. The van der Waals surface area contributed by atoms with Crippen molar-refractivity contribution < 1.29 is 18.1 Å². The fourth-order valence-corrected chi connectivity index (χ4v) is 4.04.